The Labute approximate surface area is 168 Å². The van der Waals surface area contributed by atoms with Crippen LogP contribution in [0.4, 0.5) is 0 Å². The molecule has 2 atom stereocenters. The molecule has 0 aromatic heterocycles. The number of ether oxygens (including phenoxy) is 2. The van der Waals surface area contributed by atoms with Crippen LogP contribution in [0.15, 0.2) is 60.7 Å². The van der Waals surface area contributed by atoms with E-state index in [1.165, 1.54) is 11.1 Å². The molecular weight excluding hydrogens is 350 g/mol. The van der Waals surface area contributed by atoms with E-state index in [1.54, 1.807) is 0 Å². The number of hydrogen-bond acceptors (Lipinski definition) is 4. The molecular formula is C24H29NO3. The molecule has 1 saturated heterocycles. The van der Waals surface area contributed by atoms with E-state index in [9.17, 15) is 0 Å². The number of benzene rings is 2. The molecule has 0 saturated carbocycles. The lowest BCUT2D eigenvalue weighted by Crippen LogP contribution is -2.55. The second-order valence-electron chi connectivity index (χ2n) is 7.53. The zero-order valence-electron chi connectivity index (χ0n) is 16.7. The Hall–Kier alpha value is -2.16. The number of nitrogens with zero attached hydrogens (tertiary/aromatic N) is 1. The predicted octanol–water partition coefficient (Wildman–Crippen LogP) is 3.59. The number of aliphatic hydroxyl groups excluding tert-OH is 1. The molecule has 0 radical (unpaired) electrons. The van der Waals surface area contributed by atoms with Gasteiger partial charge < -0.3 is 14.6 Å². The van der Waals surface area contributed by atoms with E-state index in [2.05, 4.69) is 65.3 Å². The van der Waals surface area contributed by atoms with E-state index >= 15 is 0 Å². The Bertz CT molecular complexity index is 738. The molecule has 1 fully saturated rings. The molecule has 1 aliphatic heterocycles. The molecule has 1 heterocycles. The SMILES string of the molecule is CC1(C)OC[C@H](N(Cc2ccccc2)Cc2ccccc2)[C@H](CC#CCO)O1. The molecule has 4 nitrogen and oxygen atoms in total. The molecule has 0 aliphatic carbocycles. The van der Waals surface area contributed by atoms with Crippen molar-refractivity contribution >= 4 is 0 Å². The molecule has 148 valence electrons. The number of rotatable bonds is 6. The van der Waals surface area contributed by atoms with Gasteiger partial charge >= 0.3 is 0 Å². The molecule has 0 bridgehead atoms. The maximum absolute atomic E-state index is 9.01. The van der Waals surface area contributed by atoms with Crippen molar-refractivity contribution in [2.24, 2.45) is 0 Å². The summed E-state index contributed by atoms with van der Waals surface area (Å²) in [5.74, 6) is 5.16. The third kappa shape index (κ3) is 5.92. The van der Waals surface area contributed by atoms with Crippen molar-refractivity contribution in [3.8, 4) is 11.8 Å². The average molecular weight is 380 g/mol. The number of aliphatic hydroxyl groups is 1. The van der Waals surface area contributed by atoms with Crippen molar-refractivity contribution < 1.29 is 14.6 Å². The van der Waals surface area contributed by atoms with Gasteiger partial charge in [0, 0.05) is 19.5 Å². The highest BCUT2D eigenvalue weighted by molar-refractivity contribution is 5.18. The minimum Gasteiger partial charge on any atom is -0.384 e. The smallest absolute Gasteiger partial charge is 0.163 e. The van der Waals surface area contributed by atoms with Crippen LogP contribution in [0.25, 0.3) is 0 Å². The highest BCUT2D eigenvalue weighted by atomic mass is 16.7. The van der Waals surface area contributed by atoms with Gasteiger partial charge in [0.05, 0.1) is 18.8 Å². The van der Waals surface area contributed by atoms with Gasteiger partial charge in [-0.1, -0.05) is 72.5 Å². The Morgan fingerprint density at radius 1 is 0.964 bits per heavy atom. The van der Waals surface area contributed by atoms with Crippen molar-refractivity contribution in [2.45, 2.75) is 51.3 Å². The molecule has 2 aromatic carbocycles. The Kier molecular flexibility index (Phi) is 7.24. The molecule has 28 heavy (non-hydrogen) atoms. The fourth-order valence-corrected chi connectivity index (χ4v) is 3.54. The van der Waals surface area contributed by atoms with Crippen LogP contribution >= 0.6 is 0 Å². The van der Waals surface area contributed by atoms with Gasteiger partial charge in [0.1, 0.15) is 6.61 Å². The second kappa shape index (κ2) is 9.86. The molecule has 1 aliphatic rings. The second-order valence-corrected chi connectivity index (χ2v) is 7.53. The summed E-state index contributed by atoms with van der Waals surface area (Å²) in [5, 5.41) is 9.01. The highest BCUT2D eigenvalue weighted by Gasteiger charge is 2.39. The van der Waals surface area contributed by atoms with Gasteiger partial charge in [-0.2, -0.15) is 0 Å². The predicted molar refractivity (Wildman–Crippen MR) is 110 cm³/mol. The summed E-state index contributed by atoms with van der Waals surface area (Å²) in [5.41, 5.74) is 2.51. The minimum absolute atomic E-state index is 0.0708. The van der Waals surface area contributed by atoms with Crippen LogP contribution in [0.1, 0.15) is 31.4 Å². The fraction of sp³-hybridized carbons (Fsp3) is 0.417. The molecule has 0 unspecified atom stereocenters. The Morgan fingerprint density at radius 2 is 1.54 bits per heavy atom. The highest BCUT2D eigenvalue weighted by Crippen LogP contribution is 2.29. The van der Waals surface area contributed by atoms with Crippen molar-refractivity contribution in [2.75, 3.05) is 13.2 Å². The summed E-state index contributed by atoms with van der Waals surface area (Å²) in [6.45, 7) is 5.94. The van der Waals surface area contributed by atoms with Crippen LogP contribution in [-0.2, 0) is 22.6 Å². The van der Waals surface area contributed by atoms with E-state index in [4.69, 9.17) is 14.6 Å². The van der Waals surface area contributed by atoms with Crippen LogP contribution in [-0.4, -0.2) is 41.2 Å². The van der Waals surface area contributed by atoms with E-state index in [-0.39, 0.29) is 18.8 Å². The molecule has 0 amide bonds. The summed E-state index contributed by atoms with van der Waals surface area (Å²) >= 11 is 0. The summed E-state index contributed by atoms with van der Waals surface area (Å²) in [6, 6.07) is 21.0. The average Bonchev–Trinajstić information content (AvgIpc) is 2.69. The van der Waals surface area contributed by atoms with E-state index in [0.29, 0.717) is 13.0 Å². The van der Waals surface area contributed by atoms with Crippen molar-refractivity contribution in [3.63, 3.8) is 0 Å². The first-order valence-corrected chi connectivity index (χ1v) is 9.77. The molecule has 1 N–H and O–H groups in total. The number of hydrogen-bond donors (Lipinski definition) is 1. The molecule has 4 heteroatoms. The van der Waals surface area contributed by atoms with Gasteiger partial charge in [0.2, 0.25) is 0 Å². The standard InChI is InChI=1S/C24H29NO3/c1-24(2)27-19-22(23(28-24)15-9-10-16-26)25(17-20-11-5-3-6-12-20)18-21-13-7-4-8-14-21/h3-8,11-14,22-23,26H,15-19H2,1-2H3/t22-,23-/m0/s1. The first-order chi connectivity index (χ1) is 13.6. The molecule has 0 spiro atoms. The van der Waals surface area contributed by atoms with Crippen molar-refractivity contribution in [3.05, 3.63) is 71.8 Å². The normalized spacial score (nSPS) is 21.1. The van der Waals surface area contributed by atoms with Gasteiger partial charge in [-0.15, -0.1) is 0 Å². The minimum atomic E-state index is -0.632. The Balaban J connectivity index is 1.84. The zero-order valence-corrected chi connectivity index (χ0v) is 16.7. The lowest BCUT2D eigenvalue weighted by atomic mass is 10.0. The lowest BCUT2D eigenvalue weighted by molar-refractivity contribution is -0.294. The summed E-state index contributed by atoms with van der Waals surface area (Å²) < 4.78 is 12.3. The maximum Gasteiger partial charge on any atom is 0.163 e. The van der Waals surface area contributed by atoms with Gasteiger partial charge in [-0.25, -0.2) is 0 Å². The largest absolute Gasteiger partial charge is 0.384 e. The van der Waals surface area contributed by atoms with Crippen LogP contribution < -0.4 is 0 Å². The van der Waals surface area contributed by atoms with Crippen molar-refractivity contribution in [1.82, 2.24) is 4.90 Å². The van der Waals surface area contributed by atoms with E-state index in [0.717, 1.165) is 13.1 Å². The first-order valence-electron chi connectivity index (χ1n) is 9.77. The summed E-state index contributed by atoms with van der Waals surface area (Å²) in [6.07, 6.45) is 0.480. The van der Waals surface area contributed by atoms with Gasteiger partial charge in [-0.3, -0.25) is 4.90 Å². The third-order valence-corrected chi connectivity index (χ3v) is 4.90. The van der Waals surface area contributed by atoms with Gasteiger partial charge in [0.25, 0.3) is 0 Å². The third-order valence-electron chi connectivity index (χ3n) is 4.90. The van der Waals surface area contributed by atoms with Crippen LogP contribution in [0, 0.1) is 11.8 Å². The van der Waals surface area contributed by atoms with Crippen LogP contribution in [0.2, 0.25) is 0 Å². The maximum atomic E-state index is 9.01. The first kappa shape index (κ1) is 20.6. The fourth-order valence-electron chi connectivity index (χ4n) is 3.54. The lowest BCUT2D eigenvalue weighted by Gasteiger charge is -2.45. The summed E-state index contributed by atoms with van der Waals surface area (Å²) in [4.78, 5) is 2.41. The topological polar surface area (TPSA) is 41.9 Å². The molecule has 3 rings (SSSR count). The zero-order chi connectivity index (χ0) is 19.8. The van der Waals surface area contributed by atoms with E-state index < -0.39 is 5.79 Å². The van der Waals surface area contributed by atoms with Gasteiger partial charge in [0.15, 0.2) is 5.79 Å². The van der Waals surface area contributed by atoms with Crippen LogP contribution in [0.3, 0.4) is 0 Å². The van der Waals surface area contributed by atoms with E-state index in [1.807, 2.05) is 26.0 Å². The quantitative estimate of drug-likeness (QED) is 0.779. The molecule has 2 aromatic rings. The monoisotopic (exact) mass is 379 g/mol. The summed E-state index contributed by atoms with van der Waals surface area (Å²) in [7, 11) is 0. The van der Waals surface area contributed by atoms with Crippen molar-refractivity contribution in [1.29, 1.82) is 0 Å². The van der Waals surface area contributed by atoms with Crippen LogP contribution in [0.5, 0.6) is 0 Å². The Morgan fingerprint density at radius 3 is 2.07 bits per heavy atom. The van der Waals surface area contributed by atoms with Gasteiger partial charge in [-0.05, 0) is 25.0 Å².